The number of nitrogens with zero attached hydrogens (tertiary/aromatic N) is 1. The normalized spacial score (nSPS) is 11.7. The Labute approximate surface area is 231 Å². The largest absolute Gasteiger partial charge is 0.338 e. The van der Waals surface area contributed by atoms with E-state index in [4.69, 9.17) is 23.2 Å². The lowest BCUT2D eigenvalue weighted by Gasteiger charge is -2.21. The van der Waals surface area contributed by atoms with Crippen LogP contribution in [0.4, 0.5) is 10.5 Å². The third kappa shape index (κ3) is 15.0. The molecule has 9 heteroatoms. The number of anilines is 1. The molecule has 0 bridgehead atoms. The number of thioether (sulfide) groups is 1. The van der Waals surface area contributed by atoms with Crippen molar-refractivity contribution < 1.29 is 14.4 Å². The molecule has 1 aromatic rings. The summed E-state index contributed by atoms with van der Waals surface area (Å²) in [4.78, 5) is 39.4. The summed E-state index contributed by atoms with van der Waals surface area (Å²) in [5, 5.41) is 5.50. The highest BCUT2D eigenvalue weighted by atomic mass is 35.5. The van der Waals surface area contributed by atoms with Crippen molar-refractivity contribution in [2.45, 2.75) is 83.4 Å². The van der Waals surface area contributed by atoms with Gasteiger partial charge in [0.05, 0.1) is 11.8 Å². The molecule has 0 fully saturated rings. The summed E-state index contributed by atoms with van der Waals surface area (Å²) in [6.07, 6.45) is 8.61. The van der Waals surface area contributed by atoms with E-state index in [9.17, 15) is 14.4 Å². The molecule has 1 aromatic carbocycles. The molecule has 1 unspecified atom stereocenters. The minimum atomic E-state index is -0.309. The molecule has 0 radical (unpaired) electrons. The van der Waals surface area contributed by atoms with Crippen LogP contribution in [-0.4, -0.2) is 58.6 Å². The van der Waals surface area contributed by atoms with Crippen molar-refractivity contribution in [3.63, 3.8) is 0 Å². The van der Waals surface area contributed by atoms with Crippen LogP contribution < -0.4 is 10.6 Å². The molecule has 0 aliphatic heterocycles. The number of carbonyl (C=O) groups excluding carboxylic acids is 3. The van der Waals surface area contributed by atoms with Gasteiger partial charge in [0.15, 0.2) is 0 Å². The quantitative estimate of drug-likeness (QED) is 0.144. The van der Waals surface area contributed by atoms with E-state index >= 15 is 0 Å². The molecular weight excluding hydrogens is 517 g/mol. The van der Waals surface area contributed by atoms with Gasteiger partial charge < -0.3 is 10.6 Å². The first-order valence-electron chi connectivity index (χ1n) is 13.2. The van der Waals surface area contributed by atoms with Crippen LogP contribution in [0, 0.1) is 0 Å². The molecule has 0 aliphatic rings. The van der Waals surface area contributed by atoms with E-state index in [-0.39, 0.29) is 36.1 Å². The van der Waals surface area contributed by atoms with E-state index in [0.717, 1.165) is 62.7 Å². The van der Waals surface area contributed by atoms with Crippen molar-refractivity contribution in [1.82, 2.24) is 10.2 Å². The fourth-order valence-corrected chi connectivity index (χ4v) is 4.98. The van der Waals surface area contributed by atoms with Gasteiger partial charge >= 0.3 is 6.03 Å². The molecule has 0 aliphatic carbocycles. The van der Waals surface area contributed by atoms with Crippen molar-refractivity contribution in [2.75, 3.05) is 35.8 Å². The number of alkyl halides is 2. The molecule has 0 spiro atoms. The van der Waals surface area contributed by atoms with Crippen LogP contribution in [0.15, 0.2) is 24.3 Å². The Morgan fingerprint density at radius 2 is 1.64 bits per heavy atom. The third-order valence-electron chi connectivity index (χ3n) is 5.61. The predicted molar refractivity (Wildman–Crippen MR) is 154 cm³/mol. The Balaban J connectivity index is 2.61. The summed E-state index contributed by atoms with van der Waals surface area (Å²) in [5.41, 5.74) is 1.44. The lowest BCUT2D eigenvalue weighted by molar-refractivity contribution is -0.127. The van der Waals surface area contributed by atoms with Crippen molar-refractivity contribution in [2.24, 2.45) is 0 Å². The smallest absolute Gasteiger partial charge is 0.324 e. The van der Waals surface area contributed by atoms with Gasteiger partial charge in [-0.15, -0.1) is 23.2 Å². The van der Waals surface area contributed by atoms with Gasteiger partial charge in [-0.05, 0) is 30.5 Å². The van der Waals surface area contributed by atoms with Crippen LogP contribution >= 0.6 is 35.0 Å². The number of unbranched alkanes of at least 4 members (excludes halogenated alkanes) is 6. The number of halogens is 2. The minimum Gasteiger partial charge on any atom is -0.338 e. The molecule has 1 atom stereocenters. The van der Waals surface area contributed by atoms with Crippen LogP contribution in [0.1, 0.15) is 77.2 Å². The fraction of sp³-hybridized carbons (Fsp3) is 0.667. The average molecular weight is 561 g/mol. The number of urea groups is 1. The first-order valence-corrected chi connectivity index (χ1v) is 15.3. The Morgan fingerprint density at radius 1 is 0.972 bits per heavy atom. The molecule has 204 valence electrons. The van der Waals surface area contributed by atoms with Gasteiger partial charge in [-0.2, -0.15) is 11.8 Å². The van der Waals surface area contributed by atoms with Crippen LogP contribution in [0.3, 0.4) is 0 Å². The lowest BCUT2D eigenvalue weighted by atomic mass is 10.1. The fourth-order valence-electron chi connectivity index (χ4n) is 3.59. The van der Waals surface area contributed by atoms with E-state index in [0.29, 0.717) is 30.4 Å². The Kier molecular flexibility index (Phi) is 18.6. The molecule has 0 saturated carbocycles. The second-order valence-corrected chi connectivity index (χ2v) is 11.0. The Hall–Kier alpha value is -1.44. The van der Waals surface area contributed by atoms with E-state index < -0.39 is 0 Å². The van der Waals surface area contributed by atoms with E-state index in [1.54, 1.807) is 36.0 Å². The van der Waals surface area contributed by atoms with Crippen molar-refractivity contribution in [3.05, 3.63) is 29.8 Å². The molecule has 2 N–H and O–H groups in total. The summed E-state index contributed by atoms with van der Waals surface area (Å²) < 4.78 is 0. The minimum absolute atomic E-state index is 0.132. The van der Waals surface area contributed by atoms with Crippen molar-refractivity contribution >= 4 is 58.5 Å². The third-order valence-corrected chi connectivity index (χ3v) is 7.64. The van der Waals surface area contributed by atoms with Gasteiger partial charge in [0.2, 0.25) is 11.8 Å². The van der Waals surface area contributed by atoms with Crippen LogP contribution in [0.25, 0.3) is 0 Å². The number of rotatable bonds is 19. The van der Waals surface area contributed by atoms with Gasteiger partial charge in [0, 0.05) is 42.6 Å². The highest BCUT2D eigenvalue weighted by Gasteiger charge is 2.21. The zero-order valence-electron chi connectivity index (χ0n) is 21.8. The second kappa shape index (κ2) is 20.6. The number of amides is 4. The van der Waals surface area contributed by atoms with E-state index in [1.165, 1.54) is 4.90 Å². The zero-order valence-corrected chi connectivity index (χ0v) is 24.2. The zero-order chi connectivity index (χ0) is 26.6. The van der Waals surface area contributed by atoms with Crippen LogP contribution in [-0.2, 0) is 16.0 Å². The summed E-state index contributed by atoms with van der Waals surface area (Å²) in [5.74, 6) is 1.68. The van der Waals surface area contributed by atoms with Crippen LogP contribution in [0.2, 0.25) is 0 Å². The monoisotopic (exact) mass is 559 g/mol. The van der Waals surface area contributed by atoms with E-state index in [2.05, 4.69) is 24.5 Å². The van der Waals surface area contributed by atoms with Gasteiger partial charge in [0.1, 0.15) is 0 Å². The molecule has 1 rings (SSSR count). The van der Waals surface area contributed by atoms with Crippen molar-refractivity contribution in [1.29, 1.82) is 0 Å². The predicted octanol–water partition coefficient (Wildman–Crippen LogP) is 6.84. The van der Waals surface area contributed by atoms with Gasteiger partial charge in [0.25, 0.3) is 0 Å². The molecule has 4 amide bonds. The number of hydrogen-bond acceptors (Lipinski definition) is 4. The summed E-state index contributed by atoms with van der Waals surface area (Å²) in [7, 11) is 0. The maximum atomic E-state index is 13.0. The number of benzene rings is 1. The molecule has 36 heavy (non-hydrogen) atoms. The number of nitrogens with one attached hydrogen (secondary N) is 2. The maximum absolute atomic E-state index is 13.0. The number of imide groups is 1. The first-order chi connectivity index (χ1) is 17.4. The SMILES string of the molecule is CCCCCCNC(=O)N(CCCCCC)C(=O)Cc1ccc(NC(=O)CC(Cl)CSCCCl)cc1. The molecule has 0 heterocycles. The summed E-state index contributed by atoms with van der Waals surface area (Å²) in [6.45, 7) is 5.29. The van der Waals surface area contributed by atoms with Crippen molar-refractivity contribution in [3.8, 4) is 0 Å². The Bertz CT molecular complexity index is 765. The second-order valence-electron chi connectivity index (χ2n) is 8.89. The number of hydrogen-bond donors (Lipinski definition) is 2. The summed E-state index contributed by atoms with van der Waals surface area (Å²) >= 11 is 13.5. The molecule has 0 aromatic heterocycles. The molecule has 6 nitrogen and oxygen atoms in total. The first kappa shape index (κ1) is 32.6. The maximum Gasteiger partial charge on any atom is 0.324 e. The highest BCUT2D eigenvalue weighted by molar-refractivity contribution is 7.99. The van der Waals surface area contributed by atoms with Gasteiger partial charge in [-0.3, -0.25) is 14.5 Å². The molecular formula is C27H43Cl2N3O3S. The average Bonchev–Trinajstić information content (AvgIpc) is 2.85. The van der Waals surface area contributed by atoms with Gasteiger partial charge in [-0.25, -0.2) is 4.79 Å². The number of carbonyl (C=O) groups is 3. The molecule has 0 saturated heterocycles. The van der Waals surface area contributed by atoms with Crippen LogP contribution in [0.5, 0.6) is 0 Å². The standard InChI is InChI=1S/C27H43Cl2N3O3S/c1-3-5-7-9-16-30-27(35)32(17-10-8-6-4-2)26(34)19-22-11-13-24(14-12-22)31-25(33)20-23(29)21-36-18-15-28/h11-14,23H,3-10,15-21H2,1-2H3,(H,30,35)(H,31,33). The topological polar surface area (TPSA) is 78.5 Å². The highest BCUT2D eigenvalue weighted by Crippen LogP contribution is 2.15. The van der Waals surface area contributed by atoms with E-state index in [1.807, 2.05) is 0 Å². The van der Waals surface area contributed by atoms with Gasteiger partial charge in [-0.1, -0.05) is 64.5 Å². The Morgan fingerprint density at radius 3 is 2.28 bits per heavy atom. The summed E-state index contributed by atoms with van der Waals surface area (Å²) in [6, 6.07) is 6.84. The lowest BCUT2D eigenvalue weighted by Crippen LogP contribution is -2.45.